The molecule has 1 aromatic carbocycles. The number of nitrogens with two attached hydrogens (primary N) is 1. The zero-order valence-electron chi connectivity index (χ0n) is 6.00. The highest BCUT2D eigenvalue weighted by atomic mass is 35.5. The van der Waals surface area contributed by atoms with E-state index < -0.39 is 5.82 Å². The summed E-state index contributed by atoms with van der Waals surface area (Å²) in [6.45, 7) is 1.84. The number of hydrogen-bond acceptors (Lipinski definition) is 2. The van der Waals surface area contributed by atoms with Crippen molar-refractivity contribution in [3.63, 3.8) is 0 Å². The van der Waals surface area contributed by atoms with Gasteiger partial charge in [-0.2, -0.15) is 5.90 Å². The molecule has 0 unspecified atom stereocenters. The molecule has 1 rings (SSSR count). The third kappa shape index (κ3) is 2.37. The SMILES string of the molecule is Cc1ccc(F)c(ON)c1.Cl. The second-order valence-electron chi connectivity index (χ2n) is 2.05. The van der Waals surface area contributed by atoms with Gasteiger partial charge in [0.25, 0.3) is 0 Å². The molecule has 11 heavy (non-hydrogen) atoms. The van der Waals surface area contributed by atoms with E-state index in [2.05, 4.69) is 4.84 Å². The van der Waals surface area contributed by atoms with Gasteiger partial charge in [0, 0.05) is 0 Å². The van der Waals surface area contributed by atoms with Gasteiger partial charge in [0.1, 0.15) is 0 Å². The van der Waals surface area contributed by atoms with Crippen LogP contribution in [0, 0.1) is 12.7 Å². The Kier molecular flexibility index (Phi) is 3.85. The topological polar surface area (TPSA) is 35.2 Å². The normalized spacial score (nSPS) is 8.64. The summed E-state index contributed by atoms with van der Waals surface area (Å²) in [5.41, 5.74) is 0.918. The van der Waals surface area contributed by atoms with Crippen molar-refractivity contribution in [3.8, 4) is 5.75 Å². The molecule has 0 saturated carbocycles. The van der Waals surface area contributed by atoms with Gasteiger partial charge in [-0.3, -0.25) is 0 Å². The molecule has 0 atom stereocenters. The van der Waals surface area contributed by atoms with Gasteiger partial charge in [0.05, 0.1) is 0 Å². The standard InChI is InChI=1S/C7H8FNO.ClH/c1-5-2-3-6(8)7(4-5)10-9;/h2-4H,9H2,1H3;1H. The van der Waals surface area contributed by atoms with E-state index in [-0.39, 0.29) is 18.2 Å². The molecule has 0 saturated heterocycles. The van der Waals surface area contributed by atoms with E-state index in [1.165, 1.54) is 12.1 Å². The smallest absolute Gasteiger partial charge is 0.182 e. The summed E-state index contributed by atoms with van der Waals surface area (Å²) < 4.78 is 12.6. The van der Waals surface area contributed by atoms with Crippen LogP contribution in [0.3, 0.4) is 0 Å². The molecule has 0 aliphatic heterocycles. The fraction of sp³-hybridized carbons (Fsp3) is 0.143. The van der Waals surface area contributed by atoms with Crippen molar-refractivity contribution in [1.82, 2.24) is 0 Å². The van der Waals surface area contributed by atoms with Gasteiger partial charge in [-0.15, -0.1) is 12.4 Å². The Labute approximate surface area is 70.5 Å². The van der Waals surface area contributed by atoms with E-state index in [4.69, 9.17) is 5.90 Å². The third-order valence-electron chi connectivity index (χ3n) is 1.21. The Balaban J connectivity index is 0.000001000. The molecular formula is C7H9ClFNO. The lowest BCUT2D eigenvalue weighted by Crippen LogP contribution is -2.03. The van der Waals surface area contributed by atoms with E-state index in [1.54, 1.807) is 6.07 Å². The lowest BCUT2D eigenvalue weighted by Gasteiger charge is -1.99. The second-order valence-corrected chi connectivity index (χ2v) is 2.05. The summed E-state index contributed by atoms with van der Waals surface area (Å²) in [7, 11) is 0. The molecular weight excluding hydrogens is 169 g/mol. The van der Waals surface area contributed by atoms with Crippen LogP contribution in [0.25, 0.3) is 0 Å². The van der Waals surface area contributed by atoms with Gasteiger partial charge in [0.2, 0.25) is 0 Å². The van der Waals surface area contributed by atoms with Crippen LogP contribution in [0.15, 0.2) is 18.2 Å². The van der Waals surface area contributed by atoms with Crippen LogP contribution in [0.1, 0.15) is 5.56 Å². The zero-order valence-corrected chi connectivity index (χ0v) is 6.82. The van der Waals surface area contributed by atoms with Gasteiger partial charge < -0.3 is 4.84 Å². The maximum absolute atomic E-state index is 12.6. The number of benzene rings is 1. The first-order chi connectivity index (χ1) is 4.74. The summed E-state index contributed by atoms with van der Waals surface area (Å²) in [5, 5.41) is 0. The molecule has 0 fully saturated rings. The van der Waals surface area contributed by atoms with Crippen LogP contribution in [0.5, 0.6) is 5.75 Å². The highest BCUT2D eigenvalue weighted by Gasteiger charge is 2.00. The number of rotatable bonds is 1. The predicted molar refractivity (Wildman–Crippen MR) is 43.2 cm³/mol. The van der Waals surface area contributed by atoms with Crippen LogP contribution < -0.4 is 10.7 Å². The van der Waals surface area contributed by atoms with Crippen LogP contribution in [-0.4, -0.2) is 0 Å². The molecule has 2 N–H and O–H groups in total. The lowest BCUT2D eigenvalue weighted by atomic mass is 10.2. The minimum Gasteiger partial charge on any atom is -0.408 e. The Hall–Kier alpha value is -0.800. The Morgan fingerprint density at radius 1 is 1.45 bits per heavy atom. The van der Waals surface area contributed by atoms with Gasteiger partial charge in [-0.1, -0.05) is 6.07 Å². The lowest BCUT2D eigenvalue weighted by molar-refractivity contribution is 0.315. The molecule has 0 spiro atoms. The predicted octanol–water partition coefficient (Wildman–Crippen LogP) is 1.81. The fourth-order valence-corrected chi connectivity index (χ4v) is 0.701. The third-order valence-corrected chi connectivity index (χ3v) is 1.21. The molecule has 0 aromatic heterocycles. The fourth-order valence-electron chi connectivity index (χ4n) is 0.701. The molecule has 62 valence electrons. The summed E-state index contributed by atoms with van der Waals surface area (Å²) in [4.78, 5) is 4.25. The minimum atomic E-state index is -0.437. The molecule has 2 nitrogen and oxygen atoms in total. The Morgan fingerprint density at radius 3 is 2.55 bits per heavy atom. The summed E-state index contributed by atoms with van der Waals surface area (Å²) in [5.74, 6) is 4.43. The Morgan fingerprint density at radius 2 is 2.09 bits per heavy atom. The molecule has 0 amide bonds. The van der Waals surface area contributed by atoms with E-state index in [9.17, 15) is 4.39 Å². The quantitative estimate of drug-likeness (QED) is 0.664. The monoisotopic (exact) mass is 177 g/mol. The first-order valence-electron chi connectivity index (χ1n) is 2.87. The van der Waals surface area contributed by atoms with Gasteiger partial charge >= 0.3 is 0 Å². The Bertz CT molecular complexity index is 242. The van der Waals surface area contributed by atoms with Crippen molar-refractivity contribution in [2.24, 2.45) is 5.90 Å². The summed E-state index contributed by atoms with van der Waals surface area (Å²) >= 11 is 0. The molecule has 4 heteroatoms. The van der Waals surface area contributed by atoms with Crippen molar-refractivity contribution >= 4 is 12.4 Å². The molecule has 0 radical (unpaired) electrons. The molecule has 1 aromatic rings. The molecule has 0 bridgehead atoms. The van der Waals surface area contributed by atoms with E-state index >= 15 is 0 Å². The molecule has 0 heterocycles. The molecule has 0 aliphatic carbocycles. The van der Waals surface area contributed by atoms with Crippen molar-refractivity contribution in [3.05, 3.63) is 29.6 Å². The highest BCUT2D eigenvalue weighted by Crippen LogP contribution is 2.16. The number of aryl methyl sites for hydroxylation is 1. The largest absolute Gasteiger partial charge is 0.408 e. The van der Waals surface area contributed by atoms with Crippen molar-refractivity contribution in [2.75, 3.05) is 0 Å². The number of hydrogen-bond donors (Lipinski definition) is 1. The van der Waals surface area contributed by atoms with Gasteiger partial charge in [0.15, 0.2) is 11.6 Å². The van der Waals surface area contributed by atoms with Gasteiger partial charge in [-0.25, -0.2) is 4.39 Å². The molecule has 0 aliphatic rings. The van der Waals surface area contributed by atoms with Crippen molar-refractivity contribution < 1.29 is 9.23 Å². The van der Waals surface area contributed by atoms with E-state index in [0.717, 1.165) is 5.56 Å². The van der Waals surface area contributed by atoms with Crippen LogP contribution in [-0.2, 0) is 0 Å². The first kappa shape index (κ1) is 10.2. The minimum absolute atomic E-state index is 0. The van der Waals surface area contributed by atoms with E-state index in [0.29, 0.717) is 0 Å². The average molecular weight is 178 g/mol. The highest BCUT2D eigenvalue weighted by molar-refractivity contribution is 5.85. The average Bonchev–Trinajstić information content (AvgIpc) is 1.94. The van der Waals surface area contributed by atoms with Crippen LogP contribution >= 0.6 is 12.4 Å². The first-order valence-corrected chi connectivity index (χ1v) is 2.87. The van der Waals surface area contributed by atoms with Crippen molar-refractivity contribution in [1.29, 1.82) is 0 Å². The van der Waals surface area contributed by atoms with Gasteiger partial charge in [-0.05, 0) is 24.6 Å². The van der Waals surface area contributed by atoms with Crippen LogP contribution in [0.2, 0.25) is 0 Å². The summed E-state index contributed by atoms with van der Waals surface area (Å²) in [6.07, 6.45) is 0. The maximum Gasteiger partial charge on any atom is 0.182 e. The summed E-state index contributed by atoms with van der Waals surface area (Å²) in [6, 6.07) is 4.50. The van der Waals surface area contributed by atoms with Crippen LogP contribution in [0.4, 0.5) is 4.39 Å². The van der Waals surface area contributed by atoms with Crippen molar-refractivity contribution in [2.45, 2.75) is 6.92 Å². The second kappa shape index (κ2) is 4.16. The van der Waals surface area contributed by atoms with E-state index in [1.807, 2.05) is 6.92 Å². The number of halogens is 2. The zero-order chi connectivity index (χ0) is 7.56. The maximum atomic E-state index is 12.6.